The number of rotatable bonds is 2. The van der Waals surface area contributed by atoms with Gasteiger partial charge in [-0.05, 0) is 29.7 Å². The highest BCUT2D eigenvalue weighted by molar-refractivity contribution is 5.71. The second kappa shape index (κ2) is 4.70. The zero-order chi connectivity index (χ0) is 12.3. The number of benzene rings is 2. The molecule has 86 valence electrons. The van der Waals surface area contributed by atoms with Crippen molar-refractivity contribution in [1.29, 1.82) is 0 Å². The Kier molecular flexibility index (Phi) is 3.10. The number of carboxylic acid groups (broad SMARTS) is 1. The zero-order valence-electron chi connectivity index (χ0n) is 9.38. The van der Waals surface area contributed by atoms with Gasteiger partial charge in [-0.25, -0.2) is 4.79 Å². The molecule has 0 saturated heterocycles. The van der Waals surface area contributed by atoms with Crippen molar-refractivity contribution >= 4 is 6.16 Å². The Labute approximate surface area is 99.3 Å². The van der Waals surface area contributed by atoms with Crippen molar-refractivity contribution in [3.8, 4) is 16.9 Å². The molecule has 0 fully saturated rings. The molecule has 2 rings (SSSR count). The molecule has 3 nitrogen and oxygen atoms in total. The van der Waals surface area contributed by atoms with Gasteiger partial charge >= 0.3 is 6.16 Å². The predicted molar refractivity (Wildman–Crippen MR) is 65.3 cm³/mol. The molecule has 2 aromatic rings. The van der Waals surface area contributed by atoms with Crippen LogP contribution in [0.2, 0.25) is 0 Å². The summed E-state index contributed by atoms with van der Waals surface area (Å²) in [5.41, 5.74) is 2.84. The third-order valence-corrected chi connectivity index (χ3v) is 2.57. The lowest BCUT2D eigenvalue weighted by Crippen LogP contribution is -2.04. The van der Waals surface area contributed by atoms with Gasteiger partial charge in [0.05, 0.1) is 0 Å². The highest BCUT2D eigenvalue weighted by Crippen LogP contribution is 2.29. The summed E-state index contributed by atoms with van der Waals surface area (Å²) < 4.78 is 4.72. The van der Waals surface area contributed by atoms with E-state index in [0.29, 0.717) is 5.75 Å². The fourth-order valence-electron chi connectivity index (χ4n) is 1.75. The first-order valence-electron chi connectivity index (χ1n) is 5.24. The van der Waals surface area contributed by atoms with E-state index in [2.05, 4.69) is 0 Å². The lowest BCUT2D eigenvalue weighted by Gasteiger charge is -2.09. The van der Waals surface area contributed by atoms with Gasteiger partial charge in [0.25, 0.3) is 0 Å². The lowest BCUT2D eigenvalue weighted by atomic mass is 10.00. The fourth-order valence-corrected chi connectivity index (χ4v) is 1.75. The van der Waals surface area contributed by atoms with Crippen LogP contribution < -0.4 is 4.74 Å². The van der Waals surface area contributed by atoms with Crippen molar-refractivity contribution in [2.45, 2.75) is 6.92 Å². The summed E-state index contributed by atoms with van der Waals surface area (Å²) in [5, 5.41) is 8.63. The van der Waals surface area contributed by atoms with Crippen LogP contribution in [0.5, 0.6) is 5.75 Å². The Hall–Kier alpha value is -2.29. The van der Waals surface area contributed by atoms with Crippen LogP contribution in [0.4, 0.5) is 4.79 Å². The van der Waals surface area contributed by atoms with Crippen molar-refractivity contribution in [1.82, 2.24) is 0 Å². The molecule has 0 bridgehead atoms. The molecular weight excluding hydrogens is 216 g/mol. The number of hydrogen-bond acceptors (Lipinski definition) is 2. The third kappa shape index (κ3) is 2.45. The molecule has 0 heterocycles. The van der Waals surface area contributed by atoms with Crippen LogP contribution in [0.3, 0.4) is 0 Å². The molecule has 1 N–H and O–H groups in total. The average molecular weight is 228 g/mol. The van der Waals surface area contributed by atoms with Crippen molar-refractivity contribution in [3.05, 3.63) is 54.1 Å². The van der Waals surface area contributed by atoms with E-state index in [1.807, 2.05) is 43.3 Å². The quantitative estimate of drug-likeness (QED) is 0.629. The Morgan fingerprint density at radius 2 is 1.76 bits per heavy atom. The fraction of sp³-hybridized carbons (Fsp3) is 0.0714. The maximum Gasteiger partial charge on any atom is 0.511 e. The van der Waals surface area contributed by atoms with Gasteiger partial charge in [-0.15, -0.1) is 0 Å². The second-order valence-electron chi connectivity index (χ2n) is 3.66. The van der Waals surface area contributed by atoms with Gasteiger partial charge in [-0.2, -0.15) is 0 Å². The first-order valence-corrected chi connectivity index (χ1v) is 5.24. The van der Waals surface area contributed by atoms with Crippen LogP contribution in [0.25, 0.3) is 11.1 Å². The van der Waals surface area contributed by atoms with Crippen LogP contribution in [0.1, 0.15) is 5.56 Å². The minimum atomic E-state index is -1.29. The summed E-state index contributed by atoms with van der Waals surface area (Å²) in [6.07, 6.45) is -1.29. The van der Waals surface area contributed by atoms with E-state index in [1.54, 1.807) is 12.1 Å². The summed E-state index contributed by atoms with van der Waals surface area (Å²) in [4.78, 5) is 10.5. The topological polar surface area (TPSA) is 46.5 Å². The van der Waals surface area contributed by atoms with E-state index in [0.717, 1.165) is 16.7 Å². The molecule has 17 heavy (non-hydrogen) atoms. The summed E-state index contributed by atoms with van der Waals surface area (Å²) >= 11 is 0. The summed E-state index contributed by atoms with van der Waals surface area (Å²) in [5.74, 6) is 0.374. The maximum absolute atomic E-state index is 10.5. The van der Waals surface area contributed by atoms with E-state index in [9.17, 15) is 4.79 Å². The van der Waals surface area contributed by atoms with Gasteiger partial charge in [0.1, 0.15) is 5.75 Å². The molecule has 0 atom stereocenters. The van der Waals surface area contributed by atoms with E-state index >= 15 is 0 Å². The zero-order valence-corrected chi connectivity index (χ0v) is 9.38. The molecule has 0 amide bonds. The van der Waals surface area contributed by atoms with Crippen molar-refractivity contribution in [2.24, 2.45) is 0 Å². The van der Waals surface area contributed by atoms with Gasteiger partial charge < -0.3 is 9.84 Å². The Balaban J connectivity index is 2.46. The number of hydrogen-bond donors (Lipinski definition) is 1. The van der Waals surface area contributed by atoms with E-state index in [4.69, 9.17) is 9.84 Å². The van der Waals surface area contributed by atoms with E-state index < -0.39 is 6.16 Å². The first kappa shape index (κ1) is 11.2. The van der Waals surface area contributed by atoms with Crippen LogP contribution in [0.15, 0.2) is 48.5 Å². The normalized spacial score (nSPS) is 9.94. The molecule has 0 aromatic heterocycles. The average Bonchev–Trinajstić information content (AvgIpc) is 2.32. The molecule has 0 radical (unpaired) electrons. The van der Waals surface area contributed by atoms with Gasteiger partial charge in [0.15, 0.2) is 0 Å². The SMILES string of the molecule is Cc1c(OC(=O)O)cccc1-c1ccccc1. The molecule has 0 saturated carbocycles. The predicted octanol–water partition coefficient (Wildman–Crippen LogP) is 3.72. The monoisotopic (exact) mass is 228 g/mol. The maximum atomic E-state index is 10.5. The summed E-state index contributed by atoms with van der Waals surface area (Å²) in [6, 6.07) is 15.2. The Morgan fingerprint density at radius 3 is 2.41 bits per heavy atom. The minimum Gasteiger partial charge on any atom is -0.449 e. The molecule has 0 unspecified atom stereocenters. The standard InChI is InChI=1S/C14H12O3/c1-10-12(11-6-3-2-4-7-11)8-5-9-13(10)17-14(15)16/h2-9H,1H3,(H,15,16). The second-order valence-corrected chi connectivity index (χ2v) is 3.66. The van der Waals surface area contributed by atoms with Crippen molar-refractivity contribution in [3.63, 3.8) is 0 Å². The van der Waals surface area contributed by atoms with Crippen molar-refractivity contribution < 1.29 is 14.6 Å². The smallest absolute Gasteiger partial charge is 0.449 e. The molecular formula is C14H12O3. The lowest BCUT2D eigenvalue weighted by molar-refractivity contribution is 0.144. The largest absolute Gasteiger partial charge is 0.511 e. The van der Waals surface area contributed by atoms with Crippen LogP contribution in [-0.2, 0) is 0 Å². The highest BCUT2D eigenvalue weighted by Gasteiger charge is 2.09. The highest BCUT2D eigenvalue weighted by atomic mass is 16.7. The molecule has 0 spiro atoms. The van der Waals surface area contributed by atoms with Gasteiger partial charge in [-0.1, -0.05) is 42.5 Å². The van der Waals surface area contributed by atoms with E-state index in [1.165, 1.54) is 0 Å². The molecule has 3 heteroatoms. The van der Waals surface area contributed by atoms with Crippen LogP contribution >= 0.6 is 0 Å². The van der Waals surface area contributed by atoms with Gasteiger partial charge in [-0.3, -0.25) is 0 Å². The molecule has 0 aliphatic heterocycles. The summed E-state index contributed by atoms with van der Waals surface area (Å²) in [7, 11) is 0. The number of carbonyl (C=O) groups is 1. The minimum absolute atomic E-state index is 0.374. The first-order chi connectivity index (χ1) is 8.18. The third-order valence-electron chi connectivity index (χ3n) is 2.57. The molecule has 2 aromatic carbocycles. The van der Waals surface area contributed by atoms with Crippen molar-refractivity contribution in [2.75, 3.05) is 0 Å². The van der Waals surface area contributed by atoms with Crippen LogP contribution in [-0.4, -0.2) is 11.3 Å². The van der Waals surface area contributed by atoms with Crippen LogP contribution in [0, 0.1) is 6.92 Å². The summed E-state index contributed by atoms with van der Waals surface area (Å²) in [6.45, 7) is 1.85. The van der Waals surface area contributed by atoms with Gasteiger partial charge in [0, 0.05) is 0 Å². The molecule has 0 aliphatic rings. The Morgan fingerprint density at radius 1 is 1.06 bits per heavy atom. The van der Waals surface area contributed by atoms with Gasteiger partial charge in [0.2, 0.25) is 0 Å². The number of ether oxygens (including phenoxy) is 1. The Bertz CT molecular complexity index is 532. The molecule has 0 aliphatic carbocycles. The van der Waals surface area contributed by atoms with E-state index in [-0.39, 0.29) is 0 Å².